The number of esters is 1. The maximum atomic E-state index is 12.2. The molecule has 0 saturated carbocycles. The van der Waals surface area contributed by atoms with E-state index in [0.717, 1.165) is 5.56 Å². The third-order valence-corrected chi connectivity index (χ3v) is 3.74. The van der Waals surface area contributed by atoms with E-state index < -0.39 is 24.0 Å². The van der Waals surface area contributed by atoms with Gasteiger partial charge in [0.05, 0.1) is 0 Å². The topological polar surface area (TPSA) is 133 Å². The van der Waals surface area contributed by atoms with E-state index in [0.29, 0.717) is 5.56 Å². The van der Waals surface area contributed by atoms with Gasteiger partial charge in [-0.15, -0.1) is 0 Å². The smallest absolute Gasteiger partial charge is 0.334 e. The van der Waals surface area contributed by atoms with Gasteiger partial charge in [-0.1, -0.05) is 47.7 Å². The zero-order valence-electron chi connectivity index (χ0n) is 13.9. The van der Waals surface area contributed by atoms with E-state index >= 15 is 0 Å². The second-order valence-electron chi connectivity index (χ2n) is 5.74. The highest BCUT2D eigenvalue weighted by molar-refractivity contribution is 5.78. The summed E-state index contributed by atoms with van der Waals surface area (Å²) in [6, 6.07) is 12.7. The molecule has 0 bridgehead atoms. The highest BCUT2D eigenvalue weighted by Gasteiger charge is 2.27. The average molecular weight is 360 g/mol. The van der Waals surface area contributed by atoms with Gasteiger partial charge in [0, 0.05) is 6.42 Å². The van der Waals surface area contributed by atoms with Gasteiger partial charge in [0.25, 0.3) is 0 Å². The first-order valence-corrected chi connectivity index (χ1v) is 7.86. The molecule has 5 N–H and O–H groups in total. The van der Waals surface area contributed by atoms with Crippen LogP contribution in [0.3, 0.4) is 0 Å². The molecule has 0 fully saturated rings. The molecule has 0 unspecified atom stereocenters. The second kappa shape index (κ2) is 9.07. The number of carbonyl (C=O) groups excluding carboxylic acids is 1. The van der Waals surface area contributed by atoms with Crippen LogP contribution in [0.1, 0.15) is 11.1 Å². The van der Waals surface area contributed by atoms with Gasteiger partial charge in [-0.3, -0.25) is 15.2 Å². The van der Waals surface area contributed by atoms with Crippen LogP contribution in [-0.4, -0.2) is 44.8 Å². The number of hydrogen-bond donors (Lipinski definition) is 4. The van der Waals surface area contributed by atoms with Gasteiger partial charge in [0.2, 0.25) is 0 Å². The van der Waals surface area contributed by atoms with E-state index in [4.69, 9.17) is 15.6 Å². The van der Waals surface area contributed by atoms with Gasteiger partial charge in [-0.2, -0.15) is 0 Å². The molecule has 0 radical (unpaired) electrons. The van der Waals surface area contributed by atoms with Crippen molar-refractivity contribution in [2.24, 2.45) is 5.73 Å². The number of carboxylic acid groups (broad SMARTS) is 1. The van der Waals surface area contributed by atoms with E-state index in [1.807, 2.05) is 6.07 Å². The van der Waals surface area contributed by atoms with Crippen molar-refractivity contribution in [2.45, 2.75) is 24.9 Å². The molecule has 2 aromatic rings. The molecule has 2 rings (SSSR count). The fourth-order valence-corrected chi connectivity index (χ4v) is 2.32. The first-order chi connectivity index (χ1) is 12.4. The second-order valence-corrected chi connectivity index (χ2v) is 5.74. The number of nitrogens with zero attached hydrogens (tertiary/aromatic N) is 1. The number of carboxylic acids is 1. The molecule has 0 aliphatic rings. The van der Waals surface area contributed by atoms with Crippen molar-refractivity contribution in [3.05, 3.63) is 65.7 Å². The van der Waals surface area contributed by atoms with E-state index in [1.165, 1.54) is 12.1 Å². The van der Waals surface area contributed by atoms with Gasteiger partial charge >= 0.3 is 11.9 Å². The van der Waals surface area contributed by atoms with Crippen molar-refractivity contribution in [3.8, 4) is 5.75 Å². The Bertz CT molecular complexity index is 733. The molecule has 8 heteroatoms. The molecule has 0 amide bonds. The van der Waals surface area contributed by atoms with Crippen LogP contribution in [0.15, 0.2) is 54.6 Å². The van der Waals surface area contributed by atoms with Crippen LogP contribution in [0, 0.1) is 0 Å². The minimum Gasteiger partial charge on any atom is -0.480 e. The Hall–Kier alpha value is -2.78. The quantitative estimate of drug-likeness (QED) is 0.314. The summed E-state index contributed by atoms with van der Waals surface area (Å²) in [5.74, 6) is -1.74. The lowest BCUT2D eigenvalue weighted by Gasteiger charge is -2.19. The largest absolute Gasteiger partial charge is 0.480 e. The van der Waals surface area contributed by atoms with Crippen molar-refractivity contribution >= 4 is 11.9 Å². The molecule has 0 aliphatic carbocycles. The number of benzene rings is 2. The predicted molar refractivity (Wildman–Crippen MR) is 90.7 cm³/mol. The van der Waals surface area contributed by atoms with Gasteiger partial charge in [0.1, 0.15) is 11.8 Å². The van der Waals surface area contributed by atoms with Crippen LogP contribution >= 0.6 is 0 Å². The van der Waals surface area contributed by atoms with E-state index in [9.17, 15) is 20.0 Å². The molecular formula is C18H20N2O6. The predicted octanol–water partition coefficient (Wildman–Crippen LogP) is 1.24. The zero-order chi connectivity index (χ0) is 19.1. The molecule has 26 heavy (non-hydrogen) atoms. The number of carbonyl (C=O) groups is 2. The fourth-order valence-electron chi connectivity index (χ4n) is 2.32. The molecule has 2 aromatic carbocycles. The highest BCUT2D eigenvalue weighted by atomic mass is 16.8. The van der Waals surface area contributed by atoms with Crippen molar-refractivity contribution < 1.29 is 29.8 Å². The summed E-state index contributed by atoms with van der Waals surface area (Å²) in [6.45, 7) is 0. The molecule has 0 spiro atoms. The van der Waals surface area contributed by atoms with Gasteiger partial charge in [0.15, 0.2) is 6.04 Å². The van der Waals surface area contributed by atoms with Gasteiger partial charge in [-0.05, 0) is 29.7 Å². The highest BCUT2D eigenvalue weighted by Crippen LogP contribution is 2.16. The SMILES string of the molecule is N[C@@H](Cc1ccc(OC(=O)[C@H](Cc2ccccc2)N(O)O)cc1)C(=O)O. The molecular weight excluding hydrogens is 340 g/mol. The maximum absolute atomic E-state index is 12.2. The van der Waals surface area contributed by atoms with Crippen LogP contribution in [-0.2, 0) is 22.4 Å². The number of rotatable bonds is 8. The summed E-state index contributed by atoms with van der Waals surface area (Å²) < 4.78 is 5.17. The number of nitrogens with two attached hydrogens (primary N) is 1. The molecule has 8 nitrogen and oxygen atoms in total. The standard InChI is InChI=1S/C18H20N2O6/c19-15(17(21)22)10-13-6-8-14(9-7-13)26-18(23)16(20(24)25)11-12-4-2-1-3-5-12/h1-9,15-16,24-25H,10-11,19H2,(H,21,22)/t15-,16-/m0/s1. The first kappa shape index (κ1) is 19.5. The summed E-state index contributed by atoms with van der Waals surface area (Å²) in [4.78, 5) is 23.0. The van der Waals surface area contributed by atoms with Crippen LogP contribution in [0.4, 0.5) is 0 Å². The van der Waals surface area contributed by atoms with Crippen molar-refractivity contribution in [1.29, 1.82) is 0 Å². The summed E-state index contributed by atoms with van der Waals surface area (Å²) in [6.07, 6.45) is 0.194. The van der Waals surface area contributed by atoms with E-state index in [1.54, 1.807) is 36.4 Å². The van der Waals surface area contributed by atoms with Crippen molar-refractivity contribution in [1.82, 2.24) is 5.23 Å². The van der Waals surface area contributed by atoms with Crippen LogP contribution in [0.2, 0.25) is 0 Å². The monoisotopic (exact) mass is 360 g/mol. The van der Waals surface area contributed by atoms with Crippen molar-refractivity contribution in [2.75, 3.05) is 0 Å². The number of aliphatic carboxylic acids is 1. The Kier molecular flexibility index (Phi) is 6.81. The number of ether oxygens (including phenoxy) is 1. The molecule has 0 aromatic heterocycles. The maximum Gasteiger partial charge on any atom is 0.334 e. The molecule has 0 heterocycles. The third-order valence-electron chi connectivity index (χ3n) is 3.74. The fraction of sp³-hybridized carbons (Fsp3) is 0.222. The average Bonchev–Trinajstić information content (AvgIpc) is 2.61. The summed E-state index contributed by atoms with van der Waals surface area (Å²) in [5.41, 5.74) is 6.88. The molecule has 2 atom stereocenters. The normalized spacial score (nSPS) is 13.2. The summed E-state index contributed by atoms with van der Waals surface area (Å²) in [5, 5.41) is 27.3. The van der Waals surface area contributed by atoms with Gasteiger partial charge < -0.3 is 15.6 Å². The summed E-state index contributed by atoms with van der Waals surface area (Å²) >= 11 is 0. The lowest BCUT2D eigenvalue weighted by Crippen LogP contribution is -2.41. The van der Waals surface area contributed by atoms with Crippen LogP contribution in [0.5, 0.6) is 5.75 Å². The Morgan fingerprint density at radius 1 is 0.962 bits per heavy atom. The van der Waals surface area contributed by atoms with Crippen LogP contribution in [0.25, 0.3) is 0 Å². The van der Waals surface area contributed by atoms with E-state index in [-0.39, 0.29) is 23.8 Å². The summed E-state index contributed by atoms with van der Waals surface area (Å²) in [7, 11) is 0. The minimum atomic E-state index is -1.29. The number of hydrogen-bond acceptors (Lipinski definition) is 7. The Balaban J connectivity index is 2.01. The molecule has 0 aliphatic heterocycles. The van der Waals surface area contributed by atoms with E-state index in [2.05, 4.69) is 0 Å². The zero-order valence-corrected chi connectivity index (χ0v) is 13.9. The lowest BCUT2D eigenvalue weighted by molar-refractivity contribution is -0.326. The van der Waals surface area contributed by atoms with Crippen LogP contribution < -0.4 is 10.5 Å². The number of hydroxylamine groups is 2. The van der Waals surface area contributed by atoms with Crippen molar-refractivity contribution in [3.63, 3.8) is 0 Å². The third kappa shape index (κ3) is 5.64. The minimum absolute atomic E-state index is 0.0538. The Morgan fingerprint density at radius 3 is 2.08 bits per heavy atom. The molecule has 138 valence electrons. The first-order valence-electron chi connectivity index (χ1n) is 7.86. The Morgan fingerprint density at radius 2 is 1.54 bits per heavy atom. The lowest BCUT2D eigenvalue weighted by atomic mass is 10.1. The Labute approximate surface area is 150 Å². The molecule has 0 saturated heterocycles. The van der Waals surface area contributed by atoms with Gasteiger partial charge in [-0.25, -0.2) is 4.79 Å².